The third kappa shape index (κ3) is 36.7. The van der Waals surface area contributed by atoms with Gasteiger partial charge in [0.2, 0.25) is 0 Å². The lowest BCUT2D eigenvalue weighted by molar-refractivity contribution is -0.161. The zero-order chi connectivity index (χ0) is 44.2. The number of phosphoric ester groups is 2. The topological polar surface area (TPSA) is 208 Å². The van der Waals surface area contributed by atoms with E-state index in [9.17, 15) is 28.7 Å². The molecule has 0 aromatic carbocycles. The van der Waals surface area contributed by atoms with Crippen molar-refractivity contribution >= 4 is 27.6 Å². The second-order valence-corrected chi connectivity index (χ2v) is 18.0. The van der Waals surface area contributed by atoms with Crippen molar-refractivity contribution in [1.82, 2.24) is 0 Å². The third-order valence-corrected chi connectivity index (χ3v) is 11.0. The van der Waals surface area contributed by atoms with Gasteiger partial charge in [-0.05, 0) is 70.6 Å². The number of aliphatic hydroxyl groups excluding tert-OH is 1. The fourth-order valence-electron chi connectivity index (χ4n) is 6.08. The summed E-state index contributed by atoms with van der Waals surface area (Å²) in [4.78, 5) is 52.7. The van der Waals surface area contributed by atoms with Gasteiger partial charge < -0.3 is 34.0 Å². The number of carbonyl (C=O) groups is 2. The molecular weight excluding hydrogens is 814 g/mol. The van der Waals surface area contributed by atoms with E-state index in [4.69, 9.17) is 28.5 Å². The van der Waals surface area contributed by atoms with Crippen LogP contribution in [0.2, 0.25) is 0 Å². The second kappa shape index (κ2) is 36.5. The van der Waals surface area contributed by atoms with Crippen LogP contribution in [0.5, 0.6) is 0 Å². The predicted octanol–water partition coefficient (Wildman–Crippen LogP) is 10.4. The molecule has 60 heavy (non-hydrogen) atoms. The van der Waals surface area contributed by atoms with E-state index in [0.717, 1.165) is 64.2 Å². The smallest absolute Gasteiger partial charge is 0.462 e. The van der Waals surface area contributed by atoms with E-state index in [2.05, 4.69) is 59.4 Å². The minimum atomic E-state index is -4.87. The lowest BCUT2D eigenvalue weighted by Gasteiger charge is -2.20. The minimum absolute atomic E-state index is 0.0966. The molecule has 1 rings (SSSR count). The molecule has 16 heteroatoms. The number of carbonyl (C=O) groups excluding carboxylic acids is 2. The van der Waals surface area contributed by atoms with Gasteiger partial charge in [0.1, 0.15) is 12.7 Å². The van der Waals surface area contributed by atoms with Gasteiger partial charge in [-0.25, -0.2) is 9.13 Å². The highest BCUT2D eigenvalue weighted by molar-refractivity contribution is 7.47. The van der Waals surface area contributed by atoms with Crippen LogP contribution in [0.3, 0.4) is 0 Å². The summed E-state index contributed by atoms with van der Waals surface area (Å²) in [6.45, 7) is 1.64. The number of hydrogen-bond donors (Lipinski definition) is 4. The molecule has 0 radical (unpaired) electrons. The average Bonchev–Trinajstić information content (AvgIpc) is 3.96. The zero-order valence-electron chi connectivity index (χ0n) is 36.5. The molecule has 14 nitrogen and oxygen atoms in total. The molecule has 0 bridgehead atoms. The fraction of sp³-hybridized carbons (Fsp3) is 0.773. The lowest BCUT2D eigenvalue weighted by Crippen LogP contribution is -2.30. The number of esters is 2. The van der Waals surface area contributed by atoms with E-state index in [1.807, 2.05) is 12.2 Å². The first kappa shape index (κ1) is 56.1. The summed E-state index contributed by atoms with van der Waals surface area (Å²) in [5.41, 5.74) is 0. The van der Waals surface area contributed by atoms with Gasteiger partial charge in [0.05, 0.1) is 32.0 Å². The Morgan fingerprint density at radius 3 is 1.78 bits per heavy atom. The highest BCUT2D eigenvalue weighted by Gasteiger charge is 2.36. The monoisotopic (exact) mass is 892 g/mol. The molecule has 1 fully saturated rings. The molecule has 0 saturated carbocycles. The third-order valence-electron chi connectivity index (χ3n) is 9.60. The number of unbranched alkanes of at least 4 members (excludes halogenated alkanes) is 14. The molecule has 1 heterocycles. The van der Waals surface area contributed by atoms with Crippen LogP contribution in [0.4, 0.5) is 0 Å². The van der Waals surface area contributed by atoms with E-state index in [0.29, 0.717) is 31.5 Å². The Hall–Kier alpha value is -1.96. The number of allylic oxidation sites excluding steroid dienone is 7. The molecule has 4 N–H and O–H groups in total. The van der Waals surface area contributed by atoms with Crippen molar-refractivity contribution in [2.24, 2.45) is 0 Å². The van der Waals surface area contributed by atoms with Crippen LogP contribution in [0.25, 0.3) is 0 Å². The van der Waals surface area contributed by atoms with Crippen molar-refractivity contribution in [2.45, 2.75) is 192 Å². The van der Waals surface area contributed by atoms with E-state index < -0.39 is 66.2 Å². The molecule has 5 atom stereocenters. The van der Waals surface area contributed by atoms with E-state index >= 15 is 0 Å². The molecule has 0 spiro atoms. The number of epoxide rings is 1. The van der Waals surface area contributed by atoms with Crippen LogP contribution in [-0.4, -0.2) is 82.6 Å². The standard InChI is InChI=1S/C44H78O14P2/c1-3-5-7-9-11-12-13-14-15-16-17-18-19-20-21-25-29-33-43(46)53-37-40(38-56-60(51,52)55-36-39(45)35-54-59(48,49)50)57-44(47)34-30-26-22-24-28-32-42-41(58-42)31-27-23-10-8-6-4-2/h14-15,17-18,20-21,23,27,39-42,45H,3-13,16,19,22,24-26,28-38H2,1-2H3,(H,51,52)(H2,48,49,50)/b15-14-,18-17-,21-20-,27-23-/t39-,40+,41?,42?/m0/s1. The van der Waals surface area contributed by atoms with Gasteiger partial charge in [0.15, 0.2) is 6.10 Å². The van der Waals surface area contributed by atoms with Gasteiger partial charge >= 0.3 is 27.6 Å². The van der Waals surface area contributed by atoms with Crippen LogP contribution < -0.4 is 0 Å². The predicted molar refractivity (Wildman–Crippen MR) is 234 cm³/mol. The maximum Gasteiger partial charge on any atom is 0.472 e. The van der Waals surface area contributed by atoms with Gasteiger partial charge in [-0.2, -0.15) is 0 Å². The largest absolute Gasteiger partial charge is 0.472 e. The Morgan fingerprint density at radius 1 is 0.583 bits per heavy atom. The SMILES string of the molecule is CCCCC/C=C\CC1OC1CCCCCCCC(=O)O[C@H](COC(=O)CCC/C=C\C/C=C\C/C=C\CCCCCCCC)COP(=O)(O)OC[C@@H](O)COP(=O)(O)O. The molecule has 348 valence electrons. The van der Waals surface area contributed by atoms with Crippen LogP contribution in [0, 0.1) is 0 Å². The first-order chi connectivity index (χ1) is 28.8. The van der Waals surface area contributed by atoms with Crippen molar-refractivity contribution < 1.29 is 66.3 Å². The molecule has 0 aliphatic carbocycles. The van der Waals surface area contributed by atoms with Gasteiger partial charge in [-0.1, -0.05) is 133 Å². The average molecular weight is 893 g/mol. The van der Waals surface area contributed by atoms with Crippen molar-refractivity contribution in [1.29, 1.82) is 0 Å². The molecular formula is C44H78O14P2. The van der Waals surface area contributed by atoms with E-state index in [-0.39, 0.29) is 12.8 Å². The molecule has 0 aromatic heterocycles. The highest BCUT2D eigenvalue weighted by atomic mass is 31.2. The van der Waals surface area contributed by atoms with Crippen molar-refractivity contribution in [3.05, 3.63) is 48.6 Å². The quantitative estimate of drug-likeness (QED) is 0.0148. The Bertz CT molecular complexity index is 1310. The number of ether oxygens (including phenoxy) is 3. The maximum atomic E-state index is 12.7. The molecule has 1 saturated heterocycles. The Balaban J connectivity index is 2.40. The maximum absolute atomic E-state index is 12.7. The zero-order valence-corrected chi connectivity index (χ0v) is 38.3. The fourth-order valence-corrected chi connectivity index (χ4v) is 7.23. The summed E-state index contributed by atoms with van der Waals surface area (Å²) in [6.07, 6.45) is 38.4. The van der Waals surface area contributed by atoms with Crippen molar-refractivity contribution in [2.75, 3.05) is 26.4 Å². The summed E-state index contributed by atoms with van der Waals surface area (Å²) in [5, 5.41) is 9.75. The van der Waals surface area contributed by atoms with Gasteiger partial charge in [0, 0.05) is 12.8 Å². The first-order valence-corrected chi connectivity index (χ1v) is 25.5. The normalized spacial score (nSPS) is 17.8. The van der Waals surface area contributed by atoms with Gasteiger partial charge in [0.25, 0.3) is 0 Å². The molecule has 1 aliphatic rings. The van der Waals surface area contributed by atoms with E-state index in [1.165, 1.54) is 57.8 Å². The van der Waals surface area contributed by atoms with Crippen molar-refractivity contribution in [3.63, 3.8) is 0 Å². The molecule has 0 amide bonds. The van der Waals surface area contributed by atoms with Crippen LogP contribution in [0.1, 0.15) is 168 Å². The number of aliphatic hydroxyl groups is 1. The van der Waals surface area contributed by atoms with Crippen LogP contribution >= 0.6 is 15.6 Å². The minimum Gasteiger partial charge on any atom is -0.462 e. The summed E-state index contributed by atoms with van der Waals surface area (Å²) < 4.78 is 53.5. The lowest BCUT2D eigenvalue weighted by atomic mass is 10.1. The highest BCUT2D eigenvalue weighted by Crippen LogP contribution is 2.44. The Morgan fingerprint density at radius 2 is 1.10 bits per heavy atom. The van der Waals surface area contributed by atoms with E-state index in [1.54, 1.807) is 0 Å². The second-order valence-electron chi connectivity index (χ2n) is 15.4. The number of rotatable bonds is 41. The molecule has 1 aliphatic heterocycles. The van der Waals surface area contributed by atoms with Crippen LogP contribution in [-0.2, 0) is 46.5 Å². The number of hydrogen-bond acceptors (Lipinski definition) is 11. The molecule has 0 aromatic rings. The summed E-state index contributed by atoms with van der Waals surface area (Å²) >= 11 is 0. The molecule has 3 unspecified atom stereocenters. The summed E-state index contributed by atoms with van der Waals surface area (Å²) in [5.74, 6) is -1.12. The van der Waals surface area contributed by atoms with Crippen LogP contribution in [0.15, 0.2) is 48.6 Å². The summed E-state index contributed by atoms with van der Waals surface area (Å²) in [7, 11) is -9.70. The summed E-state index contributed by atoms with van der Waals surface area (Å²) in [6, 6.07) is 0. The van der Waals surface area contributed by atoms with Crippen molar-refractivity contribution in [3.8, 4) is 0 Å². The number of phosphoric acid groups is 2. The first-order valence-electron chi connectivity index (χ1n) is 22.5. The van der Waals surface area contributed by atoms with Gasteiger partial charge in [-0.3, -0.25) is 23.2 Å². The Kier molecular flexibility index (Phi) is 34.1. The van der Waals surface area contributed by atoms with Gasteiger partial charge in [-0.15, -0.1) is 0 Å². The Labute approximate surface area is 360 Å².